The molecule has 1 aromatic carbocycles. The Labute approximate surface area is 161 Å². The molecule has 0 spiro atoms. The number of ether oxygens (including phenoxy) is 2. The first-order valence-corrected chi connectivity index (χ1v) is 8.89. The molecule has 4 heterocycles. The van der Waals surface area contributed by atoms with Crippen molar-refractivity contribution in [1.29, 1.82) is 0 Å². The largest absolute Gasteiger partial charge is 0.497 e. The Morgan fingerprint density at radius 2 is 2.11 bits per heavy atom. The van der Waals surface area contributed by atoms with Crippen molar-refractivity contribution in [2.45, 2.75) is 13.0 Å². The van der Waals surface area contributed by atoms with Gasteiger partial charge in [-0.1, -0.05) is 0 Å². The van der Waals surface area contributed by atoms with Gasteiger partial charge in [0.25, 0.3) is 0 Å². The first-order chi connectivity index (χ1) is 13.7. The van der Waals surface area contributed by atoms with E-state index in [2.05, 4.69) is 14.5 Å². The Kier molecular flexibility index (Phi) is 3.80. The molecule has 8 heteroatoms. The zero-order valence-electron chi connectivity index (χ0n) is 15.8. The molecule has 0 bridgehead atoms. The standard InChI is InChI=1S/C20H19N5O3/c1-24-8-12-6-17-19(20-22-13(9-26-2)10-28-20)21-11-25(17)16-5-4-14(27-3)7-15(16)18(12)23-24/h4-5,7-8,10-11H,6,9H2,1-3H3. The molecule has 0 amide bonds. The molecule has 0 saturated carbocycles. The molecule has 0 fully saturated rings. The first kappa shape index (κ1) is 16.8. The minimum absolute atomic E-state index is 0.398. The van der Waals surface area contributed by atoms with E-state index in [9.17, 15) is 0 Å². The van der Waals surface area contributed by atoms with Gasteiger partial charge in [-0.05, 0) is 18.2 Å². The molecule has 0 unspecified atom stereocenters. The molecule has 0 N–H and O–H groups in total. The van der Waals surface area contributed by atoms with Gasteiger partial charge in [-0.2, -0.15) is 5.10 Å². The van der Waals surface area contributed by atoms with E-state index in [-0.39, 0.29) is 0 Å². The number of aryl methyl sites for hydroxylation is 1. The molecule has 4 aromatic rings. The van der Waals surface area contributed by atoms with Crippen LogP contribution in [0.25, 0.3) is 28.5 Å². The lowest BCUT2D eigenvalue weighted by Gasteiger charge is -2.11. The van der Waals surface area contributed by atoms with Gasteiger partial charge in [-0.25, -0.2) is 9.97 Å². The minimum Gasteiger partial charge on any atom is -0.497 e. The van der Waals surface area contributed by atoms with E-state index in [0.29, 0.717) is 18.9 Å². The molecule has 1 aliphatic rings. The zero-order chi connectivity index (χ0) is 19.3. The van der Waals surface area contributed by atoms with Crippen LogP contribution in [0.5, 0.6) is 5.75 Å². The van der Waals surface area contributed by atoms with Gasteiger partial charge < -0.3 is 18.5 Å². The number of nitrogens with zero attached hydrogens (tertiary/aromatic N) is 5. The molecular formula is C20H19N5O3. The van der Waals surface area contributed by atoms with Crippen molar-refractivity contribution in [2.75, 3.05) is 14.2 Å². The maximum Gasteiger partial charge on any atom is 0.247 e. The molecule has 0 atom stereocenters. The third-order valence-corrected chi connectivity index (χ3v) is 4.89. The molecular weight excluding hydrogens is 358 g/mol. The second-order valence-electron chi connectivity index (χ2n) is 6.72. The van der Waals surface area contributed by atoms with Crippen LogP contribution in [-0.2, 0) is 24.8 Å². The Balaban J connectivity index is 1.71. The summed E-state index contributed by atoms with van der Waals surface area (Å²) in [6.07, 6.45) is 6.12. The summed E-state index contributed by atoms with van der Waals surface area (Å²) in [4.78, 5) is 9.13. The smallest absolute Gasteiger partial charge is 0.247 e. The SMILES string of the molecule is COCc1coc(-c2ncn3c2Cc2cn(C)nc2-c2cc(OC)ccc2-3)n1. The van der Waals surface area contributed by atoms with Crippen LogP contribution >= 0.6 is 0 Å². The fourth-order valence-corrected chi connectivity index (χ4v) is 3.67. The monoisotopic (exact) mass is 377 g/mol. The number of methoxy groups -OCH3 is 2. The Morgan fingerprint density at radius 1 is 1.21 bits per heavy atom. The quantitative estimate of drug-likeness (QED) is 0.479. The number of benzene rings is 1. The third-order valence-electron chi connectivity index (χ3n) is 4.89. The highest BCUT2D eigenvalue weighted by Gasteiger charge is 2.27. The molecule has 0 aliphatic carbocycles. The molecule has 0 radical (unpaired) electrons. The fraction of sp³-hybridized carbons (Fsp3) is 0.250. The number of imidazole rings is 1. The van der Waals surface area contributed by atoms with Crippen molar-refractivity contribution in [3.8, 4) is 34.3 Å². The molecule has 8 nitrogen and oxygen atoms in total. The number of rotatable bonds is 4. The summed E-state index contributed by atoms with van der Waals surface area (Å²) in [6.45, 7) is 0.398. The summed E-state index contributed by atoms with van der Waals surface area (Å²) >= 11 is 0. The summed E-state index contributed by atoms with van der Waals surface area (Å²) in [5, 5.41) is 4.69. The second-order valence-corrected chi connectivity index (χ2v) is 6.72. The number of oxazole rings is 1. The van der Waals surface area contributed by atoms with Crippen LogP contribution in [0.3, 0.4) is 0 Å². The fourth-order valence-electron chi connectivity index (χ4n) is 3.67. The average Bonchev–Trinajstić information content (AvgIpc) is 3.39. The highest BCUT2D eigenvalue weighted by atomic mass is 16.5. The predicted molar refractivity (Wildman–Crippen MR) is 101 cm³/mol. The number of fused-ring (bicyclic) bond motifs is 5. The summed E-state index contributed by atoms with van der Waals surface area (Å²) in [5.41, 5.74) is 6.52. The van der Waals surface area contributed by atoms with Gasteiger partial charge in [0, 0.05) is 37.9 Å². The van der Waals surface area contributed by atoms with Gasteiger partial charge in [0.15, 0.2) is 0 Å². The van der Waals surface area contributed by atoms with E-state index >= 15 is 0 Å². The molecule has 3 aromatic heterocycles. The minimum atomic E-state index is 0.398. The molecule has 142 valence electrons. The van der Waals surface area contributed by atoms with E-state index < -0.39 is 0 Å². The van der Waals surface area contributed by atoms with Gasteiger partial charge in [0.05, 0.1) is 30.8 Å². The van der Waals surface area contributed by atoms with Gasteiger partial charge in [0.1, 0.15) is 29.7 Å². The molecule has 0 saturated heterocycles. The van der Waals surface area contributed by atoms with Gasteiger partial charge in [0.2, 0.25) is 5.89 Å². The van der Waals surface area contributed by atoms with Crippen molar-refractivity contribution in [3.63, 3.8) is 0 Å². The van der Waals surface area contributed by atoms with Crippen molar-refractivity contribution in [2.24, 2.45) is 7.05 Å². The maximum atomic E-state index is 5.68. The summed E-state index contributed by atoms with van der Waals surface area (Å²) in [5.74, 6) is 1.28. The molecule has 1 aliphatic heterocycles. The van der Waals surface area contributed by atoms with Crippen molar-refractivity contribution in [3.05, 3.63) is 53.9 Å². The van der Waals surface area contributed by atoms with E-state index in [4.69, 9.17) is 19.0 Å². The summed E-state index contributed by atoms with van der Waals surface area (Å²) < 4.78 is 20.2. The van der Waals surface area contributed by atoms with Gasteiger partial charge >= 0.3 is 0 Å². The highest BCUT2D eigenvalue weighted by molar-refractivity contribution is 5.77. The second kappa shape index (κ2) is 6.35. The maximum absolute atomic E-state index is 5.68. The van der Waals surface area contributed by atoms with Crippen LogP contribution in [0.2, 0.25) is 0 Å². The number of aromatic nitrogens is 5. The molecule has 5 rings (SSSR count). The Bertz CT molecular complexity index is 1170. The van der Waals surface area contributed by atoms with E-state index in [1.54, 1.807) is 20.5 Å². The number of hydrogen-bond acceptors (Lipinski definition) is 6. The third kappa shape index (κ3) is 2.53. The lowest BCUT2D eigenvalue weighted by Crippen LogP contribution is -2.01. The van der Waals surface area contributed by atoms with Crippen LogP contribution in [0, 0.1) is 0 Å². The van der Waals surface area contributed by atoms with Gasteiger partial charge in [-0.3, -0.25) is 4.68 Å². The van der Waals surface area contributed by atoms with Crippen LogP contribution in [0.15, 0.2) is 41.4 Å². The van der Waals surface area contributed by atoms with Crippen molar-refractivity contribution < 1.29 is 13.9 Å². The van der Waals surface area contributed by atoms with E-state index in [0.717, 1.165) is 45.3 Å². The van der Waals surface area contributed by atoms with E-state index in [1.165, 1.54) is 0 Å². The normalized spacial score (nSPS) is 12.2. The highest BCUT2D eigenvalue weighted by Crippen LogP contribution is 2.38. The first-order valence-electron chi connectivity index (χ1n) is 8.89. The van der Waals surface area contributed by atoms with Crippen LogP contribution in [0.4, 0.5) is 0 Å². The number of hydrogen-bond donors (Lipinski definition) is 0. The van der Waals surface area contributed by atoms with Crippen molar-refractivity contribution >= 4 is 0 Å². The van der Waals surface area contributed by atoms with Crippen LogP contribution < -0.4 is 4.74 Å². The van der Waals surface area contributed by atoms with E-state index in [1.807, 2.05) is 42.5 Å². The predicted octanol–water partition coefficient (Wildman–Crippen LogP) is 2.99. The molecule has 28 heavy (non-hydrogen) atoms. The van der Waals surface area contributed by atoms with Crippen LogP contribution in [0.1, 0.15) is 17.0 Å². The van der Waals surface area contributed by atoms with Crippen LogP contribution in [-0.4, -0.2) is 38.5 Å². The summed E-state index contributed by atoms with van der Waals surface area (Å²) in [6, 6.07) is 5.98. The van der Waals surface area contributed by atoms with Gasteiger partial charge in [-0.15, -0.1) is 0 Å². The Hall–Kier alpha value is -3.39. The zero-order valence-corrected chi connectivity index (χ0v) is 15.8. The Morgan fingerprint density at radius 3 is 2.93 bits per heavy atom. The lowest BCUT2D eigenvalue weighted by molar-refractivity contribution is 0.181. The summed E-state index contributed by atoms with van der Waals surface area (Å²) in [7, 11) is 5.22. The topological polar surface area (TPSA) is 80.1 Å². The van der Waals surface area contributed by atoms with Crippen molar-refractivity contribution in [1.82, 2.24) is 24.3 Å². The average molecular weight is 377 g/mol. The lowest BCUT2D eigenvalue weighted by atomic mass is 10.0.